The highest BCUT2D eigenvalue weighted by atomic mass is 19.4. The number of aromatic nitrogens is 2. The summed E-state index contributed by atoms with van der Waals surface area (Å²) in [6, 6.07) is 4.22. The summed E-state index contributed by atoms with van der Waals surface area (Å²) in [7, 11) is 0. The minimum Gasteiger partial charge on any atom is -0.478 e. The van der Waals surface area contributed by atoms with Gasteiger partial charge in [-0.15, -0.1) is 0 Å². The monoisotopic (exact) mass is 244 g/mol. The summed E-state index contributed by atoms with van der Waals surface area (Å²) in [6.45, 7) is 0. The first kappa shape index (κ1) is 11.4. The number of imidazole rings is 1. The van der Waals surface area contributed by atoms with E-state index in [2.05, 4.69) is 9.97 Å². The quantitative estimate of drug-likeness (QED) is 0.852. The van der Waals surface area contributed by atoms with Gasteiger partial charge in [-0.3, -0.25) is 0 Å². The number of carboxylic acid groups (broad SMARTS) is 1. The Morgan fingerprint density at radius 1 is 1.41 bits per heavy atom. The number of fused-ring (bicyclic) bond motifs is 1. The number of nitrogens with zero attached hydrogens (tertiary/aromatic N) is 1. The molecule has 0 amide bonds. The number of H-pyrrole nitrogens is 1. The first-order chi connectivity index (χ1) is 7.87. The van der Waals surface area contributed by atoms with Crippen LogP contribution in [0.15, 0.2) is 18.2 Å². The molecule has 7 heteroatoms. The van der Waals surface area contributed by atoms with E-state index >= 15 is 0 Å². The number of aromatic amines is 1. The maximum Gasteiger partial charge on any atom is 0.396 e. The average molecular weight is 244 g/mol. The van der Waals surface area contributed by atoms with E-state index < -0.39 is 18.6 Å². The van der Waals surface area contributed by atoms with Crippen LogP contribution in [0.3, 0.4) is 0 Å². The van der Waals surface area contributed by atoms with Gasteiger partial charge in [0, 0.05) is 0 Å². The number of hydrogen-bond donors (Lipinski definition) is 2. The van der Waals surface area contributed by atoms with Crippen molar-refractivity contribution in [1.82, 2.24) is 9.97 Å². The van der Waals surface area contributed by atoms with Crippen molar-refractivity contribution in [3.8, 4) is 0 Å². The molecule has 0 unspecified atom stereocenters. The van der Waals surface area contributed by atoms with Crippen molar-refractivity contribution >= 4 is 17.0 Å². The van der Waals surface area contributed by atoms with Crippen LogP contribution in [0.25, 0.3) is 11.0 Å². The summed E-state index contributed by atoms with van der Waals surface area (Å²) < 4.78 is 36.5. The highest BCUT2D eigenvalue weighted by Gasteiger charge is 2.29. The summed E-state index contributed by atoms with van der Waals surface area (Å²) >= 11 is 0. The van der Waals surface area contributed by atoms with E-state index in [1.807, 2.05) is 0 Å². The lowest BCUT2D eigenvalue weighted by atomic mass is 10.2. The largest absolute Gasteiger partial charge is 0.478 e. The number of benzene rings is 1. The molecule has 2 N–H and O–H groups in total. The maximum absolute atomic E-state index is 12.2. The van der Waals surface area contributed by atoms with Gasteiger partial charge in [-0.25, -0.2) is 9.78 Å². The van der Waals surface area contributed by atoms with E-state index in [0.717, 1.165) is 0 Å². The molecule has 0 bridgehead atoms. The van der Waals surface area contributed by atoms with Crippen LogP contribution >= 0.6 is 0 Å². The number of hydrogen-bond acceptors (Lipinski definition) is 2. The van der Waals surface area contributed by atoms with Gasteiger partial charge < -0.3 is 10.1 Å². The molecule has 0 fully saturated rings. The molecular weight excluding hydrogens is 237 g/mol. The molecule has 2 aromatic rings. The molecule has 1 aromatic heterocycles. The minimum absolute atomic E-state index is 0.0410. The van der Waals surface area contributed by atoms with Gasteiger partial charge in [0.2, 0.25) is 0 Å². The molecule has 0 spiro atoms. The second-order valence-electron chi connectivity index (χ2n) is 3.48. The molecular formula is C10H7F3N2O2. The molecule has 0 radical (unpaired) electrons. The fraction of sp³-hybridized carbons (Fsp3) is 0.200. The van der Waals surface area contributed by atoms with Gasteiger partial charge in [0.1, 0.15) is 17.8 Å². The third kappa shape index (κ3) is 2.38. The van der Waals surface area contributed by atoms with Gasteiger partial charge in [0.15, 0.2) is 0 Å². The Morgan fingerprint density at radius 3 is 2.71 bits per heavy atom. The van der Waals surface area contributed by atoms with Crippen molar-refractivity contribution in [2.45, 2.75) is 12.6 Å². The summed E-state index contributed by atoms with van der Waals surface area (Å²) in [5.74, 6) is -1.51. The Labute approximate surface area is 93.1 Å². The summed E-state index contributed by atoms with van der Waals surface area (Å²) in [4.78, 5) is 16.9. The first-order valence-corrected chi connectivity index (χ1v) is 4.64. The predicted molar refractivity (Wildman–Crippen MR) is 52.8 cm³/mol. The van der Waals surface area contributed by atoms with Crippen molar-refractivity contribution in [3.05, 3.63) is 29.6 Å². The maximum atomic E-state index is 12.2. The lowest BCUT2D eigenvalue weighted by molar-refractivity contribution is -0.128. The number of nitrogens with one attached hydrogen (secondary N) is 1. The Hall–Kier alpha value is -2.05. The van der Waals surface area contributed by atoms with E-state index in [9.17, 15) is 18.0 Å². The van der Waals surface area contributed by atoms with Gasteiger partial charge in [0.25, 0.3) is 0 Å². The van der Waals surface area contributed by atoms with Gasteiger partial charge >= 0.3 is 12.1 Å². The molecule has 4 nitrogen and oxygen atoms in total. The van der Waals surface area contributed by atoms with Gasteiger partial charge in [-0.2, -0.15) is 13.2 Å². The average Bonchev–Trinajstić information content (AvgIpc) is 2.55. The van der Waals surface area contributed by atoms with E-state index in [-0.39, 0.29) is 22.4 Å². The SMILES string of the molecule is O=C(O)c1cccc2[nH]c(CC(F)(F)F)nc12. The van der Waals surface area contributed by atoms with Gasteiger partial charge in [0.05, 0.1) is 11.1 Å². The highest BCUT2D eigenvalue weighted by Crippen LogP contribution is 2.23. The number of para-hydroxylation sites is 1. The number of halogens is 3. The zero-order chi connectivity index (χ0) is 12.6. The molecule has 90 valence electrons. The predicted octanol–water partition coefficient (Wildman–Crippen LogP) is 2.37. The Balaban J connectivity index is 2.50. The van der Waals surface area contributed by atoms with E-state index in [1.54, 1.807) is 0 Å². The molecule has 0 aliphatic carbocycles. The number of aromatic carboxylic acids is 1. The minimum atomic E-state index is -4.38. The van der Waals surface area contributed by atoms with Crippen molar-refractivity contribution < 1.29 is 23.1 Å². The first-order valence-electron chi connectivity index (χ1n) is 4.64. The third-order valence-corrected chi connectivity index (χ3v) is 2.16. The lowest BCUT2D eigenvalue weighted by Crippen LogP contribution is -2.12. The van der Waals surface area contributed by atoms with Gasteiger partial charge in [-0.05, 0) is 12.1 Å². The van der Waals surface area contributed by atoms with Crippen LogP contribution in [0.5, 0.6) is 0 Å². The van der Waals surface area contributed by atoms with Crippen LogP contribution in [0.2, 0.25) is 0 Å². The van der Waals surface area contributed by atoms with Crippen LogP contribution in [-0.2, 0) is 6.42 Å². The van der Waals surface area contributed by atoms with Gasteiger partial charge in [-0.1, -0.05) is 6.07 Å². The number of carbonyl (C=O) groups is 1. The van der Waals surface area contributed by atoms with Crippen LogP contribution in [0, 0.1) is 0 Å². The molecule has 0 aliphatic rings. The molecule has 0 aliphatic heterocycles. The molecule has 0 saturated heterocycles. The molecule has 17 heavy (non-hydrogen) atoms. The summed E-state index contributed by atoms with van der Waals surface area (Å²) in [5, 5.41) is 8.85. The summed E-state index contributed by atoms with van der Waals surface area (Å²) in [6.07, 6.45) is -5.59. The molecule has 1 heterocycles. The molecule has 0 atom stereocenters. The Morgan fingerprint density at radius 2 is 2.12 bits per heavy atom. The van der Waals surface area contributed by atoms with E-state index in [1.165, 1.54) is 18.2 Å². The summed E-state index contributed by atoms with van der Waals surface area (Å²) in [5.41, 5.74) is 0.204. The van der Waals surface area contributed by atoms with Crippen LogP contribution in [0.1, 0.15) is 16.2 Å². The fourth-order valence-electron chi connectivity index (χ4n) is 1.53. The molecule has 2 rings (SSSR count). The Bertz CT molecular complexity index is 574. The Kier molecular flexibility index (Phi) is 2.53. The van der Waals surface area contributed by atoms with Crippen LogP contribution in [0.4, 0.5) is 13.2 Å². The highest BCUT2D eigenvalue weighted by molar-refractivity contribution is 6.00. The van der Waals surface area contributed by atoms with E-state index in [0.29, 0.717) is 0 Å². The topological polar surface area (TPSA) is 66.0 Å². The zero-order valence-corrected chi connectivity index (χ0v) is 8.38. The zero-order valence-electron chi connectivity index (χ0n) is 8.38. The number of alkyl halides is 3. The molecule has 0 saturated carbocycles. The van der Waals surface area contributed by atoms with E-state index in [4.69, 9.17) is 5.11 Å². The smallest absolute Gasteiger partial charge is 0.396 e. The van der Waals surface area contributed by atoms with Crippen molar-refractivity contribution in [3.63, 3.8) is 0 Å². The standard InChI is InChI=1S/C10H7F3N2O2/c11-10(12,13)4-7-14-6-3-1-2-5(9(16)17)8(6)15-7/h1-3H,4H2,(H,14,15)(H,16,17). The van der Waals surface area contributed by atoms with Crippen LogP contribution in [-0.4, -0.2) is 27.2 Å². The van der Waals surface area contributed by atoms with Crippen molar-refractivity contribution in [1.29, 1.82) is 0 Å². The van der Waals surface area contributed by atoms with Crippen LogP contribution < -0.4 is 0 Å². The normalized spacial score (nSPS) is 11.9. The van der Waals surface area contributed by atoms with Crippen molar-refractivity contribution in [2.75, 3.05) is 0 Å². The third-order valence-electron chi connectivity index (χ3n) is 2.16. The fourth-order valence-corrected chi connectivity index (χ4v) is 1.53. The lowest BCUT2D eigenvalue weighted by Gasteiger charge is -2.01. The second kappa shape index (κ2) is 3.76. The number of rotatable bonds is 2. The van der Waals surface area contributed by atoms with Crippen molar-refractivity contribution in [2.24, 2.45) is 0 Å². The molecule has 1 aromatic carbocycles. The number of carboxylic acids is 1. The second-order valence-corrected chi connectivity index (χ2v) is 3.48.